The first-order chi connectivity index (χ1) is 7.86. The zero-order valence-electron chi connectivity index (χ0n) is 9.60. The smallest absolute Gasteiger partial charge is 0.240 e. The van der Waals surface area contributed by atoms with Gasteiger partial charge in [0.15, 0.2) is 0 Å². The fourth-order valence-electron chi connectivity index (χ4n) is 1.14. The number of rotatable bonds is 5. The second kappa shape index (κ2) is 5.54. The van der Waals surface area contributed by atoms with Crippen molar-refractivity contribution in [1.82, 2.24) is 4.72 Å². The van der Waals surface area contributed by atoms with Crippen LogP contribution in [-0.4, -0.2) is 21.1 Å². The molecular formula is C10H15FN2O3S. The molecule has 0 radical (unpaired) electrons. The lowest BCUT2D eigenvalue weighted by Crippen LogP contribution is -2.33. The summed E-state index contributed by atoms with van der Waals surface area (Å²) in [7, 11) is -3.66. The van der Waals surface area contributed by atoms with Gasteiger partial charge in [-0.3, -0.25) is 0 Å². The number of aryl methyl sites for hydroxylation is 1. The minimum atomic E-state index is -3.66. The Bertz CT molecular complexity index is 490. The van der Waals surface area contributed by atoms with Gasteiger partial charge in [-0.1, -0.05) is 0 Å². The maximum Gasteiger partial charge on any atom is 0.240 e. The van der Waals surface area contributed by atoms with E-state index in [1.807, 2.05) is 0 Å². The second-order valence-electron chi connectivity index (χ2n) is 3.71. The van der Waals surface area contributed by atoms with Crippen LogP contribution in [0.4, 0.5) is 4.39 Å². The van der Waals surface area contributed by atoms with E-state index < -0.39 is 21.9 Å². The SMILES string of the molecule is Cc1cc(S(=O)(=O)NCC(C)ON)ccc1F. The minimum Gasteiger partial charge on any atom is -0.300 e. The number of sulfonamides is 1. The molecule has 0 bridgehead atoms. The highest BCUT2D eigenvalue weighted by Gasteiger charge is 2.16. The number of hydrogen-bond donors (Lipinski definition) is 2. The summed E-state index contributed by atoms with van der Waals surface area (Å²) in [6.07, 6.45) is -0.439. The van der Waals surface area contributed by atoms with Crippen molar-refractivity contribution < 1.29 is 17.6 Å². The Labute approximate surface area is 99.8 Å². The Balaban J connectivity index is 2.86. The summed E-state index contributed by atoms with van der Waals surface area (Å²) < 4.78 is 38.9. The molecule has 0 saturated carbocycles. The van der Waals surface area contributed by atoms with Gasteiger partial charge in [0.2, 0.25) is 10.0 Å². The highest BCUT2D eigenvalue weighted by molar-refractivity contribution is 7.89. The maximum atomic E-state index is 13.0. The third kappa shape index (κ3) is 3.74. The van der Waals surface area contributed by atoms with Gasteiger partial charge in [-0.05, 0) is 37.6 Å². The normalized spacial score (nSPS) is 13.6. The van der Waals surface area contributed by atoms with Crippen molar-refractivity contribution in [2.24, 2.45) is 5.90 Å². The molecule has 1 aromatic carbocycles. The van der Waals surface area contributed by atoms with Gasteiger partial charge in [0.25, 0.3) is 0 Å². The Morgan fingerprint density at radius 2 is 2.18 bits per heavy atom. The van der Waals surface area contributed by atoms with Gasteiger partial charge < -0.3 is 4.84 Å². The lowest BCUT2D eigenvalue weighted by Gasteiger charge is -2.11. The largest absolute Gasteiger partial charge is 0.300 e. The van der Waals surface area contributed by atoms with Crippen molar-refractivity contribution in [2.45, 2.75) is 24.8 Å². The molecule has 0 fully saturated rings. The zero-order chi connectivity index (χ0) is 13.1. The fourth-order valence-corrected chi connectivity index (χ4v) is 2.34. The molecule has 1 unspecified atom stereocenters. The molecular weight excluding hydrogens is 247 g/mol. The lowest BCUT2D eigenvalue weighted by atomic mass is 10.2. The molecule has 7 heteroatoms. The van der Waals surface area contributed by atoms with Crippen LogP contribution in [0.25, 0.3) is 0 Å². The van der Waals surface area contributed by atoms with E-state index in [1.165, 1.54) is 19.1 Å². The van der Waals surface area contributed by atoms with Gasteiger partial charge in [-0.15, -0.1) is 0 Å². The first-order valence-corrected chi connectivity index (χ1v) is 6.46. The fraction of sp³-hybridized carbons (Fsp3) is 0.400. The molecule has 3 N–H and O–H groups in total. The van der Waals surface area contributed by atoms with E-state index in [9.17, 15) is 12.8 Å². The van der Waals surface area contributed by atoms with Gasteiger partial charge in [0.1, 0.15) is 5.82 Å². The summed E-state index contributed by atoms with van der Waals surface area (Å²) in [4.78, 5) is 4.45. The van der Waals surface area contributed by atoms with E-state index >= 15 is 0 Å². The number of halogens is 1. The average Bonchev–Trinajstić information content (AvgIpc) is 2.29. The number of nitrogens with two attached hydrogens (primary N) is 1. The molecule has 1 aromatic rings. The molecule has 0 spiro atoms. The predicted octanol–water partition coefficient (Wildman–Crippen LogP) is 0.691. The monoisotopic (exact) mass is 262 g/mol. The van der Waals surface area contributed by atoms with E-state index in [4.69, 9.17) is 5.90 Å². The topological polar surface area (TPSA) is 81.4 Å². The summed E-state index contributed by atoms with van der Waals surface area (Å²) in [6, 6.07) is 3.59. The Kier molecular flexibility index (Phi) is 4.58. The van der Waals surface area contributed by atoms with Crippen LogP contribution in [0.3, 0.4) is 0 Å². The van der Waals surface area contributed by atoms with Crippen LogP contribution in [0.2, 0.25) is 0 Å². The number of nitrogens with one attached hydrogen (secondary N) is 1. The molecule has 0 aromatic heterocycles. The average molecular weight is 262 g/mol. The van der Waals surface area contributed by atoms with Crippen LogP contribution in [0.5, 0.6) is 0 Å². The van der Waals surface area contributed by atoms with Crippen molar-refractivity contribution in [3.8, 4) is 0 Å². The number of hydrogen-bond acceptors (Lipinski definition) is 4. The van der Waals surface area contributed by atoms with Gasteiger partial charge >= 0.3 is 0 Å². The molecule has 0 heterocycles. The van der Waals surface area contributed by atoms with Crippen molar-refractivity contribution in [2.75, 3.05) is 6.54 Å². The van der Waals surface area contributed by atoms with Crippen LogP contribution in [0, 0.1) is 12.7 Å². The van der Waals surface area contributed by atoms with E-state index in [1.54, 1.807) is 6.92 Å². The molecule has 96 valence electrons. The highest BCUT2D eigenvalue weighted by Crippen LogP contribution is 2.13. The van der Waals surface area contributed by atoms with Gasteiger partial charge in [-0.25, -0.2) is 23.4 Å². The van der Waals surface area contributed by atoms with Crippen LogP contribution in [0.1, 0.15) is 12.5 Å². The van der Waals surface area contributed by atoms with Crippen LogP contribution in [-0.2, 0) is 14.9 Å². The zero-order valence-corrected chi connectivity index (χ0v) is 10.4. The molecule has 17 heavy (non-hydrogen) atoms. The third-order valence-electron chi connectivity index (χ3n) is 2.23. The summed E-state index contributed by atoms with van der Waals surface area (Å²) in [5.74, 6) is 4.46. The van der Waals surface area contributed by atoms with Gasteiger partial charge in [0, 0.05) is 6.54 Å². The van der Waals surface area contributed by atoms with E-state index in [2.05, 4.69) is 9.56 Å². The molecule has 5 nitrogen and oxygen atoms in total. The van der Waals surface area contributed by atoms with Crippen LogP contribution >= 0.6 is 0 Å². The first kappa shape index (κ1) is 14.0. The number of benzene rings is 1. The standard InChI is InChI=1S/C10H15FN2O3S/c1-7-5-9(3-4-10(7)11)17(14,15)13-6-8(2)16-12/h3-5,8,13H,6,12H2,1-2H3. The quantitative estimate of drug-likeness (QED) is 0.765. The van der Waals surface area contributed by atoms with Crippen molar-refractivity contribution >= 4 is 10.0 Å². The van der Waals surface area contributed by atoms with Crippen molar-refractivity contribution in [1.29, 1.82) is 0 Å². The van der Waals surface area contributed by atoms with Crippen molar-refractivity contribution in [3.05, 3.63) is 29.6 Å². The predicted molar refractivity (Wildman–Crippen MR) is 61.1 cm³/mol. The molecule has 0 aliphatic rings. The first-order valence-electron chi connectivity index (χ1n) is 4.98. The second-order valence-corrected chi connectivity index (χ2v) is 5.48. The van der Waals surface area contributed by atoms with E-state index in [0.29, 0.717) is 0 Å². The van der Waals surface area contributed by atoms with E-state index in [0.717, 1.165) is 6.07 Å². The molecule has 0 saturated heterocycles. The van der Waals surface area contributed by atoms with E-state index in [-0.39, 0.29) is 17.0 Å². The maximum absolute atomic E-state index is 13.0. The summed E-state index contributed by atoms with van der Waals surface area (Å²) in [6.45, 7) is 3.17. The summed E-state index contributed by atoms with van der Waals surface area (Å²) >= 11 is 0. The summed E-state index contributed by atoms with van der Waals surface area (Å²) in [5, 5.41) is 0. The van der Waals surface area contributed by atoms with Gasteiger partial charge in [0.05, 0.1) is 11.0 Å². The molecule has 0 amide bonds. The third-order valence-corrected chi connectivity index (χ3v) is 3.65. The molecule has 0 aliphatic carbocycles. The molecule has 1 rings (SSSR count). The van der Waals surface area contributed by atoms with Crippen molar-refractivity contribution in [3.63, 3.8) is 0 Å². The van der Waals surface area contributed by atoms with Gasteiger partial charge in [-0.2, -0.15) is 0 Å². The minimum absolute atomic E-state index is 0.0145. The van der Waals surface area contributed by atoms with Crippen LogP contribution < -0.4 is 10.6 Å². The molecule has 0 aliphatic heterocycles. The lowest BCUT2D eigenvalue weighted by molar-refractivity contribution is 0.0702. The highest BCUT2D eigenvalue weighted by atomic mass is 32.2. The van der Waals surface area contributed by atoms with Crippen LogP contribution in [0.15, 0.2) is 23.1 Å². The summed E-state index contributed by atoms with van der Waals surface area (Å²) in [5.41, 5.74) is 0.274. The molecule has 1 atom stereocenters. The Hall–Kier alpha value is -1.02. The Morgan fingerprint density at radius 3 is 2.71 bits per heavy atom. The Morgan fingerprint density at radius 1 is 1.53 bits per heavy atom.